The van der Waals surface area contributed by atoms with E-state index in [9.17, 15) is 0 Å². The third-order valence-electron chi connectivity index (χ3n) is 3.39. The number of thiophene rings is 1. The van der Waals surface area contributed by atoms with E-state index in [1.54, 1.807) is 0 Å². The van der Waals surface area contributed by atoms with Crippen molar-refractivity contribution in [2.75, 3.05) is 13.6 Å². The summed E-state index contributed by atoms with van der Waals surface area (Å²) in [5.74, 6) is 1.30. The molecule has 21 heavy (non-hydrogen) atoms. The van der Waals surface area contributed by atoms with Gasteiger partial charge >= 0.3 is 0 Å². The van der Waals surface area contributed by atoms with E-state index in [-0.39, 0.29) is 0 Å². The fourth-order valence-corrected chi connectivity index (χ4v) is 2.95. The van der Waals surface area contributed by atoms with Gasteiger partial charge in [-0.15, -0.1) is 11.3 Å². The van der Waals surface area contributed by atoms with Crippen LogP contribution in [0.15, 0.2) is 47.5 Å². The summed E-state index contributed by atoms with van der Waals surface area (Å²) < 4.78 is 0. The lowest BCUT2D eigenvalue weighted by Gasteiger charge is -2.16. The number of rotatable bonds is 5. The van der Waals surface area contributed by atoms with E-state index in [1.165, 1.54) is 15.3 Å². The summed E-state index contributed by atoms with van der Waals surface area (Å²) in [6.07, 6.45) is 0. The first kappa shape index (κ1) is 15.6. The van der Waals surface area contributed by atoms with Gasteiger partial charge in [0.1, 0.15) is 0 Å². The summed E-state index contributed by atoms with van der Waals surface area (Å²) in [5.41, 5.74) is 1.34. The molecule has 0 amide bonds. The summed E-state index contributed by atoms with van der Waals surface area (Å²) in [6.45, 7) is 6.03. The third kappa shape index (κ3) is 4.90. The van der Waals surface area contributed by atoms with Crippen molar-refractivity contribution in [1.82, 2.24) is 10.6 Å². The quantitative estimate of drug-likeness (QED) is 0.655. The van der Waals surface area contributed by atoms with Crippen LogP contribution in [0.2, 0.25) is 0 Å². The van der Waals surface area contributed by atoms with Gasteiger partial charge in [0.2, 0.25) is 0 Å². The van der Waals surface area contributed by atoms with E-state index in [1.807, 2.05) is 24.5 Å². The molecule has 1 aromatic heterocycles. The minimum Gasteiger partial charge on any atom is -0.356 e. The Kier molecular flexibility index (Phi) is 5.81. The molecule has 0 bridgehead atoms. The van der Waals surface area contributed by atoms with Crippen LogP contribution in [0.3, 0.4) is 0 Å². The summed E-state index contributed by atoms with van der Waals surface area (Å²) in [7, 11) is 1.81. The molecular weight excluding hydrogens is 278 g/mol. The molecule has 1 unspecified atom stereocenters. The SMILES string of the molecule is CN=C(NCc1ccc(C)s1)NCC(C)c1ccccc1. The van der Waals surface area contributed by atoms with Gasteiger partial charge in [0.05, 0.1) is 6.54 Å². The summed E-state index contributed by atoms with van der Waals surface area (Å²) >= 11 is 1.82. The van der Waals surface area contributed by atoms with Gasteiger partial charge in [-0.05, 0) is 30.5 Å². The molecule has 0 saturated carbocycles. The number of aryl methyl sites for hydroxylation is 1. The maximum atomic E-state index is 4.27. The first-order valence-corrected chi connectivity index (χ1v) is 8.05. The lowest BCUT2D eigenvalue weighted by Crippen LogP contribution is -2.38. The zero-order valence-electron chi connectivity index (χ0n) is 12.9. The van der Waals surface area contributed by atoms with E-state index < -0.39 is 0 Å². The van der Waals surface area contributed by atoms with E-state index in [0.717, 1.165) is 19.0 Å². The summed E-state index contributed by atoms with van der Waals surface area (Å²) in [4.78, 5) is 6.94. The lowest BCUT2D eigenvalue weighted by molar-refractivity contribution is 0.700. The fourth-order valence-electron chi connectivity index (χ4n) is 2.12. The van der Waals surface area contributed by atoms with Crippen LogP contribution < -0.4 is 10.6 Å². The van der Waals surface area contributed by atoms with Crippen molar-refractivity contribution >= 4 is 17.3 Å². The highest BCUT2D eigenvalue weighted by Crippen LogP contribution is 2.15. The van der Waals surface area contributed by atoms with Crippen LogP contribution in [0.4, 0.5) is 0 Å². The smallest absolute Gasteiger partial charge is 0.191 e. The number of nitrogens with one attached hydrogen (secondary N) is 2. The highest BCUT2D eigenvalue weighted by molar-refractivity contribution is 7.11. The molecule has 2 rings (SSSR count). The Balaban J connectivity index is 1.80. The van der Waals surface area contributed by atoms with Crippen molar-refractivity contribution in [1.29, 1.82) is 0 Å². The molecule has 2 aromatic rings. The maximum Gasteiger partial charge on any atom is 0.191 e. The minimum absolute atomic E-state index is 0.453. The Labute approximate surface area is 131 Å². The predicted molar refractivity (Wildman–Crippen MR) is 92.1 cm³/mol. The van der Waals surface area contributed by atoms with E-state index in [2.05, 4.69) is 65.9 Å². The topological polar surface area (TPSA) is 36.4 Å². The average Bonchev–Trinajstić information content (AvgIpc) is 2.93. The molecular formula is C17H23N3S. The van der Waals surface area contributed by atoms with Gasteiger partial charge in [-0.2, -0.15) is 0 Å². The van der Waals surface area contributed by atoms with Crippen molar-refractivity contribution in [3.05, 3.63) is 57.8 Å². The van der Waals surface area contributed by atoms with Gasteiger partial charge in [0.25, 0.3) is 0 Å². The van der Waals surface area contributed by atoms with Gasteiger partial charge < -0.3 is 10.6 Å². The van der Waals surface area contributed by atoms with Gasteiger partial charge in [-0.3, -0.25) is 4.99 Å². The molecule has 0 aliphatic rings. The third-order valence-corrected chi connectivity index (χ3v) is 4.39. The zero-order valence-corrected chi connectivity index (χ0v) is 13.7. The van der Waals surface area contributed by atoms with Crippen LogP contribution in [0, 0.1) is 6.92 Å². The molecule has 1 heterocycles. The van der Waals surface area contributed by atoms with E-state index in [0.29, 0.717) is 5.92 Å². The Morgan fingerprint density at radius 3 is 2.52 bits per heavy atom. The number of aliphatic imine (C=N–C) groups is 1. The molecule has 0 fully saturated rings. The first-order valence-electron chi connectivity index (χ1n) is 7.24. The molecule has 0 aliphatic heterocycles. The number of hydrogen-bond donors (Lipinski definition) is 2. The monoisotopic (exact) mass is 301 g/mol. The second-order valence-electron chi connectivity index (χ2n) is 5.13. The van der Waals surface area contributed by atoms with Gasteiger partial charge in [0.15, 0.2) is 5.96 Å². The number of nitrogens with zero attached hydrogens (tertiary/aromatic N) is 1. The largest absolute Gasteiger partial charge is 0.356 e. The highest BCUT2D eigenvalue weighted by atomic mass is 32.1. The fraction of sp³-hybridized carbons (Fsp3) is 0.353. The number of guanidine groups is 1. The van der Waals surface area contributed by atoms with Crippen molar-refractivity contribution in [2.24, 2.45) is 4.99 Å². The number of hydrogen-bond acceptors (Lipinski definition) is 2. The Morgan fingerprint density at radius 2 is 1.90 bits per heavy atom. The van der Waals surface area contributed by atoms with Crippen molar-refractivity contribution in [2.45, 2.75) is 26.3 Å². The second kappa shape index (κ2) is 7.84. The van der Waals surface area contributed by atoms with Gasteiger partial charge in [-0.25, -0.2) is 0 Å². The Bertz CT molecular complexity index is 575. The Morgan fingerprint density at radius 1 is 1.14 bits per heavy atom. The number of benzene rings is 1. The van der Waals surface area contributed by atoms with Crippen molar-refractivity contribution < 1.29 is 0 Å². The van der Waals surface area contributed by atoms with Gasteiger partial charge in [0, 0.05) is 23.3 Å². The average molecular weight is 301 g/mol. The lowest BCUT2D eigenvalue weighted by atomic mass is 10.0. The maximum absolute atomic E-state index is 4.27. The first-order chi connectivity index (χ1) is 10.2. The molecule has 0 spiro atoms. The molecule has 0 radical (unpaired) electrons. The van der Waals surface area contributed by atoms with Crippen LogP contribution in [0.1, 0.15) is 28.2 Å². The summed E-state index contributed by atoms with van der Waals surface area (Å²) in [6, 6.07) is 14.8. The molecule has 1 atom stereocenters. The summed E-state index contributed by atoms with van der Waals surface area (Å²) in [5, 5.41) is 6.74. The van der Waals surface area contributed by atoms with E-state index >= 15 is 0 Å². The van der Waals surface area contributed by atoms with Crippen LogP contribution in [0.5, 0.6) is 0 Å². The normalized spacial score (nSPS) is 13.0. The van der Waals surface area contributed by atoms with Crippen LogP contribution >= 0.6 is 11.3 Å². The molecule has 1 aromatic carbocycles. The molecule has 3 nitrogen and oxygen atoms in total. The standard InChI is InChI=1S/C17H23N3S/c1-13(15-7-5-4-6-8-15)11-19-17(18-3)20-12-16-10-9-14(2)21-16/h4-10,13H,11-12H2,1-3H3,(H2,18,19,20). The Hall–Kier alpha value is -1.81. The van der Waals surface area contributed by atoms with Crippen LogP contribution in [0.25, 0.3) is 0 Å². The molecule has 112 valence electrons. The van der Waals surface area contributed by atoms with Gasteiger partial charge in [-0.1, -0.05) is 37.3 Å². The van der Waals surface area contributed by atoms with E-state index in [4.69, 9.17) is 0 Å². The molecule has 4 heteroatoms. The van der Waals surface area contributed by atoms with Crippen LogP contribution in [-0.2, 0) is 6.54 Å². The molecule has 0 saturated heterocycles. The molecule has 2 N–H and O–H groups in total. The second-order valence-corrected chi connectivity index (χ2v) is 6.50. The zero-order chi connectivity index (χ0) is 15.1. The van der Waals surface area contributed by atoms with Crippen molar-refractivity contribution in [3.8, 4) is 0 Å². The predicted octanol–water partition coefficient (Wildman–Crippen LogP) is 3.53. The van der Waals surface area contributed by atoms with Crippen molar-refractivity contribution in [3.63, 3.8) is 0 Å². The minimum atomic E-state index is 0.453. The molecule has 0 aliphatic carbocycles. The highest BCUT2D eigenvalue weighted by Gasteiger charge is 2.06. The van der Waals surface area contributed by atoms with Crippen LogP contribution in [-0.4, -0.2) is 19.6 Å².